The van der Waals surface area contributed by atoms with Gasteiger partial charge < -0.3 is 10.4 Å². The molecular formula is C14H11ClN2O3. The molecule has 3 rings (SSSR count). The van der Waals surface area contributed by atoms with Crippen molar-refractivity contribution >= 4 is 34.4 Å². The maximum Gasteiger partial charge on any atom is 0.329 e. The number of carbonyl (C=O) groups excluding carboxylic acids is 1. The first-order chi connectivity index (χ1) is 9.52. The van der Waals surface area contributed by atoms with E-state index in [-0.39, 0.29) is 5.15 Å². The van der Waals surface area contributed by atoms with E-state index in [9.17, 15) is 9.59 Å². The summed E-state index contributed by atoms with van der Waals surface area (Å²) in [7, 11) is 0. The highest BCUT2D eigenvalue weighted by Gasteiger charge is 2.51. The van der Waals surface area contributed by atoms with Gasteiger partial charge in [-0.1, -0.05) is 29.8 Å². The Morgan fingerprint density at radius 1 is 1.30 bits per heavy atom. The molecule has 5 nitrogen and oxygen atoms in total. The zero-order valence-corrected chi connectivity index (χ0v) is 11.1. The third kappa shape index (κ3) is 2.10. The van der Waals surface area contributed by atoms with Gasteiger partial charge in [-0.3, -0.25) is 4.79 Å². The lowest BCUT2D eigenvalue weighted by molar-refractivity contribution is -0.140. The molecule has 102 valence electrons. The minimum Gasteiger partial charge on any atom is -0.480 e. The Bertz CT molecular complexity index is 725. The largest absolute Gasteiger partial charge is 0.480 e. The Kier molecular flexibility index (Phi) is 2.87. The summed E-state index contributed by atoms with van der Waals surface area (Å²) in [6.07, 6.45) is 0.898. The van der Waals surface area contributed by atoms with Gasteiger partial charge in [0.15, 0.2) is 0 Å². The highest BCUT2D eigenvalue weighted by Crippen LogP contribution is 2.36. The molecular weight excluding hydrogens is 280 g/mol. The van der Waals surface area contributed by atoms with Gasteiger partial charge in [-0.05, 0) is 25.0 Å². The van der Waals surface area contributed by atoms with E-state index in [4.69, 9.17) is 16.7 Å². The number of para-hydroxylation sites is 1. The molecule has 0 unspecified atom stereocenters. The Hall–Kier alpha value is -2.14. The van der Waals surface area contributed by atoms with Crippen molar-refractivity contribution in [1.29, 1.82) is 0 Å². The van der Waals surface area contributed by atoms with Crippen molar-refractivity contribution in [3.05, 3.63) is 41.0 Å². The van der Waals surface area contributed by atoms with Crippen LogP contribution in [0.2, 0.25) is 5.15 Å². The van der Waals surface area contributed by atoms with Crippen LogP contribution in [0, 0.1) is 0 Å². The van der Waals surface area contributed by atoms with Crippen molar-refractivity contribution in [3.63, 3.8) is 0 Å². The first-order valence-corrected chi connectivity index (χ1v) is 6.51. The zero-order chi connectivity index (χ0) is 14.3. The number of carboxylic acids is 1. The van der Waals surface area contributed by atoms with Crippen LogP contribution in [-0.4, -0.2) is 27.5 Å². The first-order valence-electron chi connectivity index (χ1n) is 6.13. The number of nitrogens with zero attached hydrogens (tertiary/aromatic N) is 1. The SMILES string of the molecule is O=C(NC1(C(=O)O)CC1)c1cc(Cl)nc2ccccc12. The predicted molar refractivity (Wildman–Crippen MR) is 73.8 cm³/mol. The topological polar surface area (TPSA) is 79.3 Å². The van der Waals surface area contributed by atoms with Gasteiger partial charge in [0.1, 0.15) is 10.7 Å². The van der Waals surface area contributed by atoms with E-state index in [2.05, 4.69) is 10.3 Å². The fourth-order valence-corrected chi connectivity index (χ4v) is 2.33. The van der Waals surface area contributed by atoms with Crippen LogP contribution in [0.3, 0.4) is 0 Å². The van der Waals surface area contributed by atoms with Crippen LogP contribution < -0.4 is 5.32 Å². The molecule has 20 heavy (non-hydrogen) atoms. The van der Waals surface area contributed by atoms with Gasteiger partial charge in [-0.25, -0.2) is 9.78 Å². The third-order valence-corrected chi connectivity index (χ3v) is 3.64. The molecule has 1 fully saturated rings. The highest BCUT2D eigenvalue weighted by atomic mass is 35.5. The average Bonchev–Trinajstić information content (AvgIpc) is 3.18. The van der Waals surface area contributed by atoms with Crippen molar-refractivity contribution < 1.29 is 14.7 Å². The molecule has 1 aliphatic rings. The molecule has 0 aliphatic heterocycles. The van der Waals surface area contributed by atoms with E-state index in [0.29, 0.717) is 29.3 Å². The summed E-state index contributed by atoms with van der Waals surface area (Å²) in [5.41, 5.74) is -0.174. The smallest absolute Gasteiger partial charge is 0.329 e. The predicted octanol–water partition coefficient (Wildman–Crippen LogP) is 2.24. The number of aliphatic carboxylic acids is 1. The Labute approximate surface area is 119 Å². The molecule has 1 saturated carbocycles. The lowest BCUT2D eigenvalue weighted by Gasteiger charge is -2.13. The Morgan fingerprint density at radius 2 is 2.00 bits per heavy atom. The van der Waals surface area contributed by atoms with E-state index in [1.807, 2.05) is 0 Å². The number of carbonyl (C=O) groups is 2. The van der Waals surface area contributed by atoms with Gasteiger partial charge in [0.25, 0.3) is 5.91 Å². The number of carboxylic acid groups (broad SMARTS) is 1. The monoisotopic (exact) mass is 290 g/mol. The number of pyridine rings is 1. The second-order valence-electron chi connectivity index (χ2n) is 4.85. The van der Waals surface area contributed by atoms with Crippen molar-refractivity contribution in [1.82, 2.24) is 10.3 Å². The summed E-state index contributed by atoms with van der Waals surface area (Å²) in [5.74, 6) is -1.44. The highest BCUT2D eigenvalue weighted by molar-refractivity contribution is 6.30. The number of nitrogens with one attached hydrogen (secondary N) is 1. The minimum absolute atomic E-state index is 0.203. The van der Waals surface area contributed by atoms with Crippen LogP contribution in [0.5, 0.6) is 0 Å². The molecule has 1 aliphatic carbocycles. The molecule has 1 amide bonds. The van der Waals surface area contributed by atoms with Crippen LogP contribution in [0.25, 0.3) is 10.9 Å². The molecule has 1 aromatic heterocycles. The molecule has 6 heteroatoms. The number of benzene rings is 1. The van der Waals surface area contributed by atoms with Gasteiger partial charge in [0, 0.05) is 5.39 Å². The van der Waals surface area contributed by atoms with Crippen molar-refractivity contribution in [2.45, 2.75) is 18.4 Å². The molecule has 0 spiro atoms. The molecule has 1 heterocycles. The average molecular weight is 291 g/mol. The van der Waals surface area contributed by atoms with Crippen LogP contribution in [0.15, 0.2) is 30.3 Å². The number of aromatic nitrogens is 1. The van der Waals surface area contributed by atoms with Crippen molar-refractivity contribution in [2.24, 2.45) is 0 Å². The van der Waals surface area contributed by atoms with Crippen LogP contribution in [0.1, 0.15) is 23.2 Å². The van der Waals surface area contributed by atoms with Gasteiger partial charge in [0.05, 0.1) is 11.1 Å². The summed E-state index contributed by atoms with van der Waals surface area (Å²) in [5, 5.41) is 12.5. The second kappa shape index (κ2) is 4.45. The number of hydrogen-bond acceptors (Lipinski definition) is 3. The molecule has 1 aromatic carbocycles. The number of hydrogen-bond donors (Lipinski definition) is 2. The van der Waals surface area contributed by atoms with Gasteiger partial charge in [-0.2, -0.15) is 0 Å². The van der Waals surface area contributed by atoms with Crippen LogP contribution in [-0.2, 0) is 4.79 Å². The maximum absolute atomic E-state index is 12.3. The Balaban J connectivity index is 2.01. The second-order valence-corrected chi connectivity index (χ2v) is 5.24. The quantitative estimate of drug-likeness (QED) is 0.850. The minimum atomic E-state index is -1.12. The molecule has 2 aromatic rings. The van der Waals surface area contributed by atoms with Crippen LogP contribution in [0.4, 0.5) is 0 Å². The summed E-state index contributed by atoms with van der Waals surface area (Å²) in [6.45, 7) is 0. The molecule has 0 saturated heterocycles. The summed E-state index contributed by atoms with van der Waals surface area (Å²) in [6, 6.07) is 8.55. The van der Waals surface area contributed by atoms with E-state index in [0.717, 1.165) is 0 Å². The van der Waals surface area contributed by atoms with Crippen LogP contribution >= 0.6 is 11.6 Å². The third-order valence-electron chi connectivity index (χ3n) is 3.44. The standard InChI is InChI=1S/C14H11ClN2O3/c15-11-7-9(8-3-1-2-4-10(8)16-11)12(18)17-14(5-6-14)13(19)20/h1-4,7H,5-6H2,(H,17,18)(H,19,20). The lowest BCUT2D eigenvalue weighted by Crippen LogP contribution is -2.43. The van der Waals surface area contributed by atoms with Crippen molar-refractivity contribution in [2.75, 3.05) is 0 Å². The fraction of sp³-hybridized carbons (Fsp3) is 0.214. The van der Waals surface area contributed by atoms with Crippen molar-refractivity contribution in [3.8, 4) is 0 Å². The summed E-state index contributed by atoms with van der Waals surface area (Å²) >= 11 is 5.91. The van der Waals surface area contributed by atoms with E-state index in [1.165, 1.54) is 6.07 Å². The number of halogens is 1. The summed E-state index contributed by atoms with van der Waals surface area (Å²) in [4.78, 5) is 27.6. The van der Waals surface area contributed by atoms with Gasteiger partial charge in [-0.15, -0.1) is 0 Å². The molecule has 0 bridgehead atoms. The van der Waals surface area contributed by atoms with E-state index in [1.54, 1.807) is 24.3 Å². The van der Waals surface area contributed by atoms with E-state index < -0.39 is 17.4 Å². The van der Waals surface area contributed by atoms with Gasteiger partial charge in [0.2, 0.25) is 0 Å². The Morgan fingerprint density at radius 3 is 2.65 bits per heavy atom. The molecule has 2 N–H and O–H groups in total. The normalized spacial score (nSPS) is 15.8. The van der Waals surface area contributed by atoms with E-state index >= 15 is 0 Å². The first kappa shape index (κ1) is 12.9. The zero-order valence-electron chi connectivity index (χ0n) is 10.4. The fourth-order valence-electron chi connectivity index (χ4n) is 2.13. The number of rotatable bonds is 3. The maximum atomic E-state index is 12.3. The van der Waals surface area contributed by atoms with Gasteiger partial charge >= 0.3 is 5.97 Å². The number of fused-ring (bicyclic) bond motifs is 1. The summed E-state index contributed by atoms with van der Waals surface area (Å²) < 4.78 is 0. The molecule has 0 radical (unpaired) electrons. The lowest BCUT2D eigenvalue weighted by atomic mass is 10.1. The molecule has 0 atom stereocenters. The number of amides is 1.